The molecule has 0 aliphatic carbocycles. The number of anilines is 1. The summed E-state index contributed by atoms with van der Waals surface area (Å²) in [6.07, 6.45) is 1.67. The molecule has 1 heterocycles. The minimum atomic E-state index is -0.411. The Morgan fingerprint density at radius 2 is 1.84 bits per heavy atom. The second-order valence-corrected chi connectivity index (χ2v) is 6.81. The molecule has 25 heavy (non-hydrogen) atoms. The number of esters is 1. The number of aryl methyl sites for hydroxylation is 2. The molecule has 0 aliphatic rings. The van der Waals surface area contributed by atoms with Crippen molar-refractivity contribution >= 4 is 28.2 Å². The number of amides is 1. The molecule has 1 N–H and O–H groups in total. The number of nitrogens with one attached hydrogen (secondary N) is 1. The number of hydrogen-bond donors (Lipinski definition) is 1. The molecule has 2 rings (SSSR count). The predicted octanol–water partition coefficient (Wildman–Crippen LogP) is 3.99. The Morgan fingerprint density at radius 1 is 1.16 bits per heavy atom. The minimum absolute atomic E-state index is 0.120. The van der Waals surface area contributed by atoms with Crippen LogP contribution in [0.3, 0.4) is 0 Å². The highest BCUT2D eigenvalue weighted by molar-refractivity contribution is 7.16. The Morgan fingerprint density at radius 3 is 2.40 bits per heavy atom. The Labute approximate surface area is 152 Å². The number of carbonyl (C=O) groups excluding carboxylic acids is 2. The van der Waals surface area contributed by atoms with E-state index >= 15 is 0 Å². The second kappa shape index (κ2) is 8.67. The molecular formula is C19H23NO4S. The number of carbonyl (C=O) groups is 2. The molecule has 0 aliphatic heterocycles. The van der Waals surface area contributed by atoms with Gasteiger partial charge in [0.15, 0.2) is 0 Å². The van der Waals surface area contributed by atoms with Crippen molar-refractivity contribution in [1.29, 1.82) is 0 Å². The summed E-state index contributed by atoms with van der Waals surface area (Å²) in [5.74, 6) is 0.258. The lowest BCUT2D eigenvalue weighted by Gasteiger charge is -2.07. The summed E-state index contributed by atoms with van der Waals surface area (Å²) in [4.78, 5) is 25.4. The number of ether oxygens (including phenoxy) is 2. The van der Waals surface area contributed by atoms with Gasteiger partial charge in [-0.2, -0.15) is 0 Å². The molecule has 134 valence electrons. The summed E-state index contributed by atoms with van der Waals surface area (Å²) >= 11 is 1.41. The van der Waals surface area contributed by atoms with Crippen molar-refractivity contribution in [2.75, 3.05) is 19.5 Å². The average molecular weight is 361 g/mol. The van der Waals surface area contributed by atoms with Crippen LogP contribution in [0.4, 0.5) is 5.00 Å². The summed E-state index contributed by atoms with van der Waals surface area (Å²) in [6.45, 7) is 3.93. The molecule has 5 nitrogen and oxygen atoms in total. The SMILES string of the molecule is CCc1c(C)sc(NC(=O)CCc2ccc(OC)cc2)c1C(=O)OC. The van der Waals surface area contributed by atoms with Gasteiger partial charge in [-0.25, -0.2) is 4.79 Å². The van der Waals surface area contributed by atoms with Gasteiger partial charge in [0, 0.05) is 11.3 Å². The fraction of sp³-hybridized carbons (Fsp3) is 0.368. The van der Waals surface area contributed by atoms with Gasteiger partial charge in [0.2, 0.25) is 5.91 Å². The van der Waals surface area contributed by atoms with Crippen molar-refractivity contribution in [3.05, 3.63) is 45.8 Å². The molecule has 1 amide bonds. The van der Waals surface area contributed by atoms with E-state index in [1.54, 1.807) is 7.11 Å². The van der Waals surface area contributed by atoms with Crippen LogP contribution in [0.2, 0.25) is 0 Å². The lowest BCUT2D eigenvalue weighted by atomic mass is 10.1. The van der Waals surface area contributed by atoms with Crippen LogP contribution in [-0.4, -0.2) is 26.1 Å². The molecule has 0 spiro atoms. The highest BCUT2D eigenvalue weighted by Crippen LogP contribution is 2.34. The highest BCUT2D eigenvalue weighted by Gasteiger charge is 2.22. The molecule has 2 aromatic rings. The van der Waals surface area contributed by atoms with Crippen molar-refractivity contribution in [3.8, 4) is 5.75 Å². The van der Waals surface area contributed by atoms with Gasteiger partial charge < -0.3 is 14.8 Å². The smallest absolute Gasteiger partial charge is 0.341 e. The van der Waals surface area contributed by atoms with Crippen LogP contribution in [0, 0.1) is 6.92 Å². The highest BCUT2D eigenvalue weighted by atomic mass is 32.1. The van der Waals surface area contributed by atoms with Gasteiger partial charge in [0.1, 0.15) is 10.8 Å². The van der Waals surface area contributed by atoms with Gasteiger partial charge in [0.25, 0.3) is 0 Å². The number of hydrogen-bond acceptors (Lipinski definition) is 5. The number of methoxy groups -OCH3 is 2. The lowest BCUT2D eigenvalue weighted by Crippen LogP contribution is -2.15. The standard InChI is InChI=1S/C19H23NO4S/c1-5-15-12(2)25-18(17(15)19(22)24-4)20-16(21)11-8-13-6-9-14(23-3)10-7-13/h6-7,9-10H,5,8,11H2,1-4H3,(H,20,21). The van der Waals surface area contributed by atoms with E-state index in [1.807, 2.05) is 38.1 Å². The van der Waals surface area contributed by atoms with E-state index in [9.17, 15) is 9.59 Å². The monoisotopic (exact) mass is 361 g/mol. The van der Waals surface area contributed by atoms with E-state index < -0.39 is 5.97 Å². The fourth-order valence-electron chi connectivity index (χ4n) is 2.65. The minimum Gasteiger partial charge on any atom is -0.497 e. The summed E-state index contributed by atoms with van der Waals surface area (Å²) in [5, 5.41) is 3.44. The van der Waals surface area contributed by atoms with Crippen LogP contribution < -0.4 is 10.1 Å². The molecule has 0 unspecified atom stereocenters. The Bertz CT molecular complexity index is 750. The topological polar surface area (TPSA) is 64.6 Å². The van der Waals surface area contributed by atoms with Gasteiger partial charge in [-0.05, 0) is 43.0 Å². The van der Waals surface area contributed by atoms with Gasteiger partial charge in [-0.3, -0.25) is 4.79 Å². The third-order valence-corrected chi connectivity index (χ3v) is 5.07. The van der Waals surface area contributed by atoms with Gasteiger partial charge >= 0.3 is 5.97 Å². The summed E-state index contributed by atoms with van der Waals surface area (Å²) in [5.41, 5.74) is 2.47. The molecule has 0 bridgehead atoms. The number of benzene rings is 1. The maximum atomic E-state index is 12.3. The van der Waals surface area contributed by atoms with E-state index in [0.717, 1.165) is 21.8 Å². The Kier molecular flexibility index (Phi) is 6.58. The number of rotatable bonds is 7. The zero-order chi connectivity index (χ0) is 18.4. The lowest BCUT2D eigenvalue weighted by molar-refractivity contribution is -0.116. The molecule has 1 aromatic carbocycles. The van der Waals surface area contributed by atoms with Crippen LogP contribution in [0.25, 0.3) is 0 Å². The Hall–Kier alpha value is -2.34. The first kappa shape index (κ1) is 19.0. The fourth-order valence-corrected chi connectivity index (χ4v) is 3.80. The second-order valence-electron chi connectivity index (χ2n) is 5.58. The number of thiophene rings is 1. The van der Waals surface area contributed by atoms with Crippen LogP contribution in [0.5, 0.6) is 5.75 Å². The molecule has 0 fully saturated rings. The molecule has 0 saturated carbocycles. The van der Waals surface area contributed by atoms with Crippen molar-refractivity contribution in [1.82, 2.24) is 0 Å². The van der Waals surface area contributed by atoms with E-state index in [-0.39, 0.29) is 5.91 Å². The normalized spacial score (nSPS) is 10.4. The average Bonchev–Trinajstić information content (AvgIpc) is 2.94. The van der Waals surface area contributed by atoms with Crippen molar-refractivity contribution in [3.63, 3.8) is 0 Å². The van der Waals surface area contributed by atoms with Crippen molar-refractivity contribution in [2.45, 2.75) is 33.1 Å². The molecule has 1 aromatic heterocycles. The summed E-state index contributed by atoms with van der Waals surface area (Å²) in [6, 6.07) is 7.63. The van der Waals surface area contributed by atoms with Gasteiger partial charge in [-0.1, -0.05) is 19.1 Å². The van der Waals surface area contributed by atoms with E-state index in [4.69, 9.17) is 9.47 Å². The molecule has 0 atom stereocenters. The molecule has 6 heteroatoms. The van der Waals surface area contributed by atoms with Crippen molar-refractivity contribution in [2.24, 2.45) is 0 Å². The third kappa shape index (κ3) is 4.60. The maximum Gasteiger partial charge on any atom is 0.341 e. The molecular weight excluding hydrogens is 338 g/mol. The first-order valence-electron chi connectivity index (χ1n) is 8.13. The van der Waals surface area contributed by atoms with Crippen LogP contribution in [0.15, 0.2) is 24.3 Å². The molecule has 0 radical (unpaired) electrons. The largest absolute Gasteiger partial charge is 0.497 e. The van der Waals surface area contributed by atoms with E-state index in [1.165, 1.54) is 18.4 Å². The third-order valence-electron chi connectivity index (χ3n) is 4.00. The first-order chi connectivity index (χ1) is 12.0. The first-order valence-corrected chi connectivity index (χ1v) is 8.95. The van der Waals surface area contributed by atoms with Crippen LogP contribution >= 0.6 is 11.3 Å². The van der Waals surface area contributed by atoms with Gasteiger partial charge in [0.05, 0.1) is 19.8 Å². The zero-order valence-electron chi connectivity index (χ0n) is 15.0. The maximum absolute atomic E-state index is 12.3. The van der Waals surface area contributed by atoms with Crippen molar-refractivity contribution < 1.29 is 19.1 Å². The van der Waals surface area contributed by atoms with Gasteiger partial charge in [-0.15, -0.1) is 11.3 Å². The van der Waals surface area contributed by atoms with Crippen LogP contribution in [0.1, 0.15) is 39.7 Å². The zero-order valence-corrected chi connectivity index (χ0v) is 15.8. The quantitative estimate of drug-likeness (QED) is 0.758. The van der Waals surface area contributed by atoms with E-state index in [2.05, 4.69) is 5.32 Å². The summed E-state index contributed by atoms with van der Waals surface area (Å²) < 4.78 is 9.99. The molecule has 0 saturated heterocycles. The predicted molar refractivity (Wildman–Crippen MR) is 99.7 cm³/mol. The Balaban J connectivity index is 2.05. The van der Waals surface area contributed by atoms with Crippen LogP contribution in [-0.2, 0) is 22.4 Å². The summed E-state index contributed by atoms with van der Waals surface area (Å²) in [7, 11) is 2.97. The van der Waals surface area contributed by atoms with E-state index in [0.29, 0.717) is 29.8 Å².